The third kappa shape index (κ3) is 2.28. The van der Waals surface area contributed by atoms with Crippen LogP contribution in [0, 0.1) is 0 Å². The van der Waals surface area contributed by atoms with Crippen molar-refractivity contribution in [2.75, 3.05) is 6.61 Å². The van der Waals surface area contributed by atoms with E-state index in [1.165, 1.54) is 0 Å². The number of hydrogen-bond acceptors (Lipinski definition) is 3. The standard InChI is InChI=1S/C12H9BrClNO3/c1-2-18-12(17)9-10(14)7-5-6(13)3-4-8(7)15-11(9)16/h3-5H,2H2,1H3,(H,15,16). The van der Waals surface area contributed by atoms with E-state index in [2.05, 4.69) is 20.9 Å². The van der Waals surface area contributed by atoms with E-state index in [9.17, 15) is 9.59 Å². The number of halogens is 2. The molecule has 1 aromatic heterocycles. The summed E-state index contributed by atoms with van der Waals surface area (Å²) in [6.45, 7) is 1.85. The van der Waals surface area contributed by atoms with Crippen LogP contribution >= 0.6 is 27.5 Å². The summed E-state index contributed by atoms with van der Waals surface area (Å²) in [5.74, 6) is -0.717. The minimum Gasteiger partial charge on any atom is -0.462 e. The molecule has 18 heavy (non-hydrogen) atoms. The number of esters is 1. The maximum absolute atomic E-state index is 11.8. The van der Waals surface area contributed by atoms with Crippen molar-refractivity contribution in [1.82, 2.24) is 4.98 Å². The molecule has 0 unspecified atom stereocenters. The highest BCUT2D eigenvalue weighted by Crippen LogP contribution is 2.26. The molecule has 2 rings (SSSR count). The number of rotatable bonds is 2. The largest absolute Gasteiger partial charge is 0.462 e. The Morgan fingerprint density at radius 2 is 2.22 bits per heavy atom. The molecule has 0 aliphatic heterocycles. The van der Waals surface area contributed by atoms with Crippen molar-refractivity contribution in [2.24, 2.45) is 0 Å². The molecule has 0 saturated carbocycles. The van der Waals surface area contributed by atoms with Crippen LogP contribution in [0.3, 0.4) is 0 Å². The first-order chi connectivity index (χ1) is 8.54. The van der Waals surface area contributed by atoms with Gasteiger partial charge in [0.15, 0.2) is 0 Å². The van der Waals surface area contributed by atoms with E-state index in [0.29, 0.717) is 10.9 Å². The molecular weight excluding hydrogens is 321 g/mol. The normalized spacial score (nSPS) is 10.6. The number of nitrogens with one attached hydrogen (secondary N) is 1. The number of aromatic amines is 1. The summed E-state index contributed by atoms with van der Waals surface area (Å²) in [5, 5.41) is 0.696. The van der Waals surface area contributed by atoms with Crippen LogP contribution in [-0.2, 0) is 4.74 Å². The second-order valence-corrected chi connectivity index (χ2v) is 4.85. The van der Waals surface area contributed by atoms with E-state index in [1.807, 2.05) is 0 Å². The van der Waals surface area contributed by atoms with E-state index in [0.717, 1.165) is 4.47 Å². The van der Waals surface area contributed by atoms with E-state index in [4.69, 9.17) is 16.3 Å². The Kier molecular flexibility index (Phi) is 3.73. The fraction of sp³-hybridized carbons (Fsp3) is 0.167. The Bertz CT molecular complexity index is 681. The minimum atomic E-state index is -0.717. The van der Waals surface area contributed by atoms with Gasteiger partial charge in [0.25, 0.3) is 5.56 Å². The summed E-state index contributed by atoms with van der Waals surface area (Å²) in [5.41, 5.74) is -0.140. The van der Waals surface area contributed by atoms with Crippen molar-refractivity contribution < 1.29 is 9.53 Å². The number of aromatic nitrogens is 1. The fourth-order valence-corrected chi connectivity index (χ4v) is 2.29. The molecule has 4 nitrogen and oxygen atoms in total. The summed E-state index contributed by atoms with van der Waals surface area (Å²) in [4.78, 5) is 26.1. The lowest BCUT2D eigenvalue weighted by Gasteiger charge is -2.06. The number of benzene rings is 1. The van der Waals surface area contributed by atoms with Gasteiger partial charge >= 0.3 is 5.97 Å². The number of pyridine rings is 1. The van der Waals surface area contributed by atoms with Crippen molar-refractivity contribution in [3.8, 4) is 0 Å². The number of H-pyrrole nitrogens is 1. The number of ether oxygens (including phenoxy) is 1. The van der Waals surface area contributed by atoms with Gasteiger partial charge in [-0.3, -0.25) is 4.79 Å². The quantitative estimate of drug-likeness (QED) is 0.861. The lowest BCUT2D eigenvalue weighted by atomic mass is 10.1. The van der Waals surface area contributed by atoms with Gasteiger partial charge in [-0.15, -0.1) is 0 Å². The Morgan fingerprint density at radius 3 is 2.89 bits per heavy atom. The molecule has 0 aliphatic carbocycles. The van der Waals surface area contributed by atoms with Crippen molar-refractivity contribution >= 4 is 44.4 Å². The molecule has 94 valence electrons. The highest BCUT2D eigenvalue weighted by atomic mass is 79.9. The van der Waals surface area contributed by atoms with E-state index >= 15 is 0 Å². The second-order valence-electron chi connectivity index (χ2n) is 3.55. The van der Waals surface area contributed by atoms with Crippen molar-refractivity contribution in [3.05, 3.63) is 43.6 Å². The Morgan fingerprint density at radius 1 is 1.50 bits per heavy atom. The lowest BCUT2D eigenvalue weighted by molar-refractivity contribution is 0.0524. The minimum absolute atomic E-state index is 0.105. The smallest absolute Gasteiger partial charge is 0.345 e. The average Bonchev–Trinajstić information content (AvgIpc) is 2.31. The predicted octanol–water partition coefficient (Wildman–Crippen LogP) is 3.12. The predicted molar refractivity (Wildman–Crippen MR) is 73.2 cm³/mol. The zero-order valence-electron chi connectivity index (χ0n) is 9.42. The third-order valence-electron chi connectivity index (χ3n) is 2.39. The van der Waals surface area contributed by atoms with Crippen LogP contribution in [0.15, 0.2) is 27.5 Å². The number of carbonyl (C=O) groups excluding carboxylic acids is 1. The van der Waals surface area contributed by atoms with Gasteiger partial charge in [0.2, 0.25) is 0 Å². The van der Waals surface area contributed by atoms with Crippen LogP contribution in [0.2, 0.25) is 5.02 Å². The molecule has 0 saturated heterocycles. The fourth-order valence-electron chi connectivity index (χ4n) is 1.61. The third-order valence-corrected chi connectivity index (χ3v) is 3.28. The first-order valence-electron chi connectivity index (χ1n) is 5.22. The van der Waals surface area contributed by atoms with Gasteiger partial charge < -0.3 is 9.72 Å². The van der Waals surface area contributed by atoms with E-state index in [1.54, 1.807) is 25.1 Å². The molecule has 0 radical (unpaired) electrons. The first-order valence-corrected chi connectivity index (χ1v) is 6.40. The van der Waals surface area contributed by atoms with Gasteiger partial charge in [0, 0.05) is 15.4 Å². The van der Waals surface area contributed by atoms with Crippen molar-refractivity contribution in [2.45, 2.75) is 6.92 Å². The van der Waals surface area contributed by atoms with E-state index in [-0.39, 0.29) is 17.2 Å². The number of fused-ring (bicyclic) bond motifs is 1. The van der Waals surface area contributed by atoms with Gasteiger partial charge in [-0.25, -0.2) is 4.79 Å². The first kappa shape index (κ1) is 13.1. The highest BCUT2D eigenvalue weighted by Gasteiger charge is 2.19. The number of carbonyl (C=O) groups is 1. The van der Waals surface area contributed by atoms with Crippen molar-refractivity contribution in [3.63, 3.8) is 0 Å². The zero-order valence-corrected chi connectivity index (χ0v) is 11.8. The molecule has 1 aromatic carbocycles. The van der Waals surface area contributed by atoms with Crippen molar-refractivity contribution in [1.29, 1.82) is 0 Å². The zero-order chi connectivity index (χ0) is 13.3. The van der Waals surface area contributed by atoms with Gasteiger partial charge in [-0.2, -0.15) is 0 Å². The van der Waals surface area contributed by atoms with Crippen LogP contribution in [0.5, 0.6) is 0 Å². The number of hydrogen-bond donors (Lipinski definition) is 1. The van der Waals surface area contributed by atoms with Gasteiger partial charge in [0.1, 0.15) is 5.56 Å². The van der Waals surface area contributed by atoms with Gasteiger partial charge in [-0.05, 0) is 25.1 Å². The molecule has 0 bridgehead atoms. The van der Waals surface area contributed by atoms with Crippen LogP contribution in [0.4, 0.5) is 0 Å². The summed E-state index contributed by atoms with van der Waals surface area (Å²) in [6, 6.07) is 5.22. The van der Waals surface area contributed by atoms with Crippen LogP contribution in [0.1, 0.15) is 17.3 Å². The Hall–Kier alpha value is -1.33. The lowest BCUT2D eigenvalue weighted by Crippen LogP contribution is -2.20. The van der Waals surface area contributed by atoms with Gasteiger partial charge in [0.05, 0.1) is 11.6 Å². The summed E-state index contributed by atoms with van der Waals surface area (Å²) < 4.78 is 5.62. The van der Waals surface area contributed by atoms with Crippen LogP contribution < -0.4 is 5.56 Å². The maximum atomic E-state index is 11.8. The SMILES string of the molecule is CCOC(=O)c1c(Cl)c2cc(Br)ccc2[nH]c1=O. The molecular formula is C12H9BrClNO3. The average molecular weight is 331 g/mol. The van der Waals surface area contributed by atoms with Crippen LogP contribution in [0.25, 0.3) is 10.9 Å². The molecule has 6 heteroatoms. The summed E-state index contributed by atoms with van der Waals surface area (Å²) in [7, 11) is 0. The van der Waals surface area contributed by atoms with E-state index < -0.39 is 11.5 Å². The molecule has 0 atom stereocenters. The second kappa shape index (κ2) is 5.12. The molecule has 0 spiro atoms. The molecule has 0 aliphatic rings. The Balaban J connectivity index is 2.75. The Labute approximate surface area is 116 Å². The molecule has 0 amide bonds. The highest BCUT2D eigenvalue weighted by molar-refractivity contribution is 9.10. The van der Waals surface area contributed by atoms with Gasteiger partial charge in [-0.1, -0.05) is 27.5 Å². The molecule has 1 N–H and O–H groups in total. The molecule has 1 heterocycles. The summed E-state index contributed by atoms with van der Waals surface area (Å²) in [6.07, 6.45) is 0. The maximum Gasteiger partial charge on any atom is 0.345 e. The monoisotopic (exact) mass is 329 g/mol. The molecule has 0 fully saturated rings. The molecule has 2 aromatic rings. The topological polar surface area (TPSA) is 59.2 Å². The summed E-state index contributed by atoms with van der Waals surface area (Å²) >= 11 is 9.42. The van der Waals surface area contributed by atoms with Crippen LogP contribution in [-0.4, -0.2) is 17.6 Å².